The highest BCUT2D eigenvalue weighted by atomic mass is 32.1. The van der Waals surface area contributed by atoms with Crippen molar-refractivity contribution in [3.8, 4) is 22.4 Å². The van der Waals surface area contributed by atoms with Crippen molar-refractivity contribution >= 4 is 28.3 Å². The molecule has 11 heteroatoms. The molecule has 4 aromatic rings. The quantitative estimate of drug-likeness (QED) is 0.379. The van der Waals surface area contributed by atoms with E-state index in [9.17, 15) is 18.3 Å². The molecule has 2 unspecified atom stereocenters. The van der Waals surface area contributed by atoms with Crippen LogP contribution in [0.25, 0.3) is 21.7 Å². The van der Waals surface area contributed by atoms with E-state index in [2.05, 4.69) is 38.7 Å². The maximum Gasteiger partial charge on any atom is 0.416 e. The number of hydrogen-bond acceptors (Lipinski definition) is 7. The largest absolute Gasteiger partial charge is 0.416 e. The molecule has 0 aliphatic heterocycles. The van der Waals surface area contributed by atoms with Crippen LogP contribution in [0.5, 0.6) is 0 Å². The van der Waals surface area contributed by atoms with Crippen LogP contribution in [-0.2, 0) is 12.7 Å². The van der Waals surface area contributed by atoms with Gasteiger partial charge in [0.1, 0.15) is 16.1 Å². The minimum Gasteiger partial charge on any atom is -0.382 e. The number of aliphatic hydroxyl groups is 1. The van der Waals surface area contributed by atoms with Gasteiger partial charge in [-0.15, -0.1) is 11.3 Å². The van der Waals surface area contributed by atoms with Crippen LogP contribution in [0, 0.1) is 17.8 Å². The smallest absolute Gasteiger partial charge is 0.382 e. The second kappa shape index (κ2) is 9.19. The van der Waals surface area contributed by atoms with Crippen molar-refractivity contribution in [2.24, 2.45) is 5.92 Å². The van der Waals surface area contributed by atoms with Crippen LogP contribution in [0.4, 0.5) is 19.0 Å². The zero-order valence-corrected chi connectivity index (χ0v) is 20.2. The van der Waals surface area contributed by atoms with Gasteiger partial charge >= 0.3 is 6.18 Å². The third kappa shape index (κ3) is 5.05. The van der Waals surface area contributed by atoms with Crippen LogP contribution in [0.3, 0.4) is 0 Å². The van der Waals surface area contributed by atoms with Crippen molar-refractivity contribution in [3.05, 3.63) is 53.1 Å². The van der Waals surface area contributed by atoms with Crippen molar-refractivity contribution < 1.29 is 18.3 Å². The number of benzene rings is 1. The van der Waals surface area contributed by atoms with Gasteiger partial charge in [0, 0.05) is 10.9 Å². The molecule has 1 aromatic carbocycles. The number of thiazole rings is 1. The Bertz CT molecular complexity index is 1470. The molecule has 1 saturated carbocycles. The normalized spacial score (nSPS) is 20.3. The van der Waals surface area contributed by atoms with E-state index < -0.39 is 17.3 Å². The average Bonchev–Trinajstić information content (AvgIpc) is 3.45. The molecule has 36 heavy (non-hydrogen) atoms. The second-order valence-corrected chi connectivity index (χ2v) is 10.0. The Morgan fingerprint density at radius 1 is 1.22 bits per heavy atom. The van der Waals surface area contributed by atoms with Crippen LogP contribution < -0.4 is 5.73 Å². The summed E-state index contributed by atoms with van der Waals surface area (Å²) in [6, 6.07) is 4.93. The predicted octanol–water partition coefficient (Wildman–Crippen LogP) is 4.89. The van der Waals surface area contributed by atoms with E-state index in [1.807, 2.05) is 5.38 Å². The van der Waals surface area contributed by atoms with Crippen molar-refractivity contribution in [2.75, 3.05) is 5.73 Å². The molecule has 3 N–H and O–H groups in total. The highest BCUT2D eigenvalue weighted by Crippen LogP contribution is 2.33. The summed E-state index contributed by atoms with van der Waals surface area (Å²) in [5.41, 5.74) is 6.57. The molecule has 0 bridgehead atoms. The first-order valence-corrected chi connectivity index (χ1v) is 12.3. The van der Waals surface area contributed by atoms with Crippen LogP contribution in [0.1, 0.15) is 49.7 Å². The summed E-state index contributed by atoms with van der Waals surface area (Å²) in [5, 5.41) is 13.3. The van der Waals surface area contributed by atoms with Gasteiger partial charge in [-0.2, -0.15) is 13.2 Å². The lowest BCUT2D eigenvalue weighted by molar-refractivity contribution is -0.137. The number of alkyl halides is 3. The van der Waals surface area contributed by atoms with Gasteiger partial charge in [-0.1, -0.05) is 31.4 Å². The molecule has 0 amide bonds. The zero-order chi connectivity index (χ0) is 25.5. The molecule has 0 spiro atoms. The first kappa shape index (κ1) is 24.2. The summed E-state index contributed by atoms with van der Waals surface area (Å²) in [5.74, 6) is 6.64. The number of anilines is 1. The summed E-state index contributed by atoms with van der Waals surface area (Å²) >= 11 is 1.34. The number of fused-ring (bicyclic) bond motifs is 1. The Balaban J connectivity index is 1.39. The van der Waals surface area contributed by atoms with Gasteiger partial charge in [-0.05, 0) is 43.2 Å². The fourth-order valence-corrected chi connectivity index (χ4v) is 5.25. The van der Waals surface area contributed by atoms with Gasteiger partial charge in [-0.25, -0.2) is 19.9 Å². The number of nitrogen functional groups attached to an aromatic ring is 1. The van der Waals surface area contributed by atoms with Crippen molar-refractivity contribution in [2.45, 2.75) is 50.9 Å². The average molecular weight is 513 g/mol. The Morgan fingerprint density at radius 2 is 2.00 bits per heavy atom. The maximum absolute atomic E-state index is 12.8. The van der Waals surface area contributed by atoms with Gasteiger partial charge in [-0.3, -0.25) is 0 Å². The minimum atomic E-state index is -4.38. The molecule has 0 saturated heterocycles. The summed E-state index contributed by atoms with van der Waals surface area (Å²) < 4.78 is 40.3. The Hall–Kier alpha value is -3.49. The topological polar surface area (TPSA) is 103 Å². The number of aromatic nitrogens is 5. The number of nitrogens with zero attached hydrogens (tertiary/aromatic N) is 5. The van der Waals surface area contributed by atoms with Gasteiger partial charge in [0.15, 0.2) is 11.5 Å². The zero-order valence-electron chi connectivity index (χ0n) is 19.4. The van der Waals surface area contributed by atoms with Crippen molar-refractivity contribution in [3.63, 3.8) is 0 Å². The fraction of sp³-hybridized carbons (Fsp3) is 0.360. The molecule has 2 atom stereocenters. The van der Waals surface area contributed by atoms with E-state index in [-0.39, 0.29) is 11.6 Å². The predicted molar refractivity (Wildman–Crippen MR) is 131 cm³/mol. The molecule has 3 heterocycles. The number of hydrogen-bond donors (Lipinski definition) is 2. The summed E-state index contributed by atoms with van der Waals surface area (Å²) in [6.07, 6.45) is 0.430. The lowest BCUT2D eigenvalue weighted by Crippen LogP contribution is -2.32. The molecule has 3 aromatic heterocycles. The Kier molecular flexibility index (Phi) is 6.18. The van der Waals surface area contributed by atoms with Crippen LogP contribution in [0.15, 0.2) is 36.0 Å². The standard InChI is InChI=1S/C25H23F3N6OS/c1-15-3-2-9-24(35,11-15)10-8-19-32-21(29)20-22(33-19)34(14-30-20)12-18-13-36-23(31-18)16-4-6-17(7-5-16)25(26,27)28/h4-7,13-15,35H,2-3,9,11-12H2,1H3,(H2,29,32,33). The van der Waals surface area contributed by atoms with E-state index in [1.54, 1.807) is 10.9 Å². The molecule has 7 nitrogen and oxygen atoms in total. The molecule has 1 aliphatic carbocycles. The maximum atomic E-state index is 12.8. The van der Waals surface area contributed by atoms with E-state index in [0.29, 0.717) is 52.7 Å². The number of imidazole rings is 1. The lowest BCUT2D eigenvalue weighted by Gasteiger charge is -2.30. The Labute approximate surface area is 209 Å². The van der Waals surface area contributed by atoms with Crippen LogP contribution in [-0.4, -0.2) is 35.2 Å². The highest BCUT2D eigenvalue weighted by molar-refractivity contribution is 7.13. The molecular formula is C25H23F3N6OS. The molecule has 1 fully saturated rings. The molecule has 186 valence electrons. The first-order valence-electron chi connectivity index (χ1n) is 11.5. The summed E-state index contributed by atoms with van der Waals surface area (Å²) in [4.78, 5) is 17.6. The monoisotopic (exact) mass is 512 g/mol. The highest BCUT2D eigenvalue weighted by Gasteiger charge is 2.31. The Morgan fingerprint density at radius 3 is 2.72 bits per heavy atom. The molecular weight excluding hydrogens is 489 g/mol. The lowest BCUT2D eigenvalue weighted by atomic mass is 9.79. The fourth-order valence-electron chi connectivity index (χ4n) is 4.44. The van der Waals surface area contributed by atoms with Gasteiger partial charge in [0.05, 0.1) is 24.1 Å². The van der Waals surface area contributed by atoms with Crippen molar-refractivity contribution in [1.29, 1.82) is 0 Å². The first-order chi connectivity index (χ1) is 17.1. The third-order valence-corrected chi connectivity index (χ3v) is 7.15. The van der Waals surface area contributed by atoms with E-state index in [4.69, 9.17) is 5.73 Å². The molecule has 1 aliphatic rings. The third-order valence-electron chi connectivity index (χ3n) is 6.21. The second-order valence-electron chi connectivity index (χ2n) is 9.18. The summed E-state index contributed by atoms with van der Waals surface area (Å²) in [6.45, 7) is 2.44. The van der Waals surface area contributed by atoms with Crippen molar-refractivity contribution in [1.82, 2.24) is 24.5 Å². The summed E-state index contributed by atoms with van der Waals surface area (Å²) in [7, 11) is 0. The SMILES string of the molecule is CC1CCCC(O)(C#Cc2nc(N)c3ncn(Cc4csc(-c5ccc(C(F)(F)F)cc5)n4)c3n2)C1. The number of rotatable bonds is 3. The van der Waals surface area contributed by atoms with Gasteiger partial charge in [0.2, 0.25) is 5.82 Å². The molecule has 0 radical (unpaired) electrons. The van der Waals surface area contributed by atoms with Gasteiger partial charge in [0.25, 0.3) is 0 Å². The van der Waals surface area contributed by atoms with Crippen LogP contribution >= 0.6 is 11.3 Å². The van der Waals surface area contributed by atoms with Crippen LogP contribution in [0.2, 0.25) is 0 Å². The number of nitrogens with two attached hydrogens (primary N) is 1. The van der Waals surface area contributed by atoms with E-state index in [0.717, 1.165) is 25.0 Å². The van der Waals surface area contributed by atoms with E-state index >= 15 is 0 Å². The molecule has 5 rings (SSSR count). The number of halogens is 3. The minimum absolute atomic E-state index is 0.191. The van der Waals surface area contributed by atoms with Gasteiger partial charge < -0.3 is 15.4 Å². The van der Waals surface area contributed by atoms with E-state index in [1.165, 1.54) is 23.5 Å².